The number of carbonyl (C=O) groups excluding carboxylic acids is 1. The van der Waals surface area contributed by atoms with Crippen LogP contribution in [0.1, 0.15) is 35.8 Å². The van der Waals surface area contributed by atoms with Crippen LogP contribution in [0.15, 0.2) is 36.5 Å². The van der Waals surface area contributed by atoms with Crippen LogP contribution >= 0.6 is 11.6 Å². The Bertz CT molecular complexity index is 787. The summed E-state index contributed by atoms with van der Waals surface area (Å²) in [6.45, 7) is -0.0260. The molecule has 0 aliphatic heterocycles. The van der Waals surface area contributed by atoms with Gasteiger partial charge in [-0.25, -0.2) is 8.78 Å². The second-order valence-electron chi connectivity index (χ2n) is 5.71. The number of hydrogen-bond acceptors (Lipinski definition) is 3. The van der Waals surface area contributed by atoms with Crippen LogP contribution in [0, 0.1) is 5.82 Å². The zero-order valence-corrected chi connectivity index (χ0v) is 13.4. The van der Waals surface area contributed by atoms with E-state index in [9.17, 15) is 14.3 Å². The summed E-state index contributed by atoms with van der Waals surface area (Å²) in [5.41, 5.74) is -1.53. The quantitative estimate of drug-likeness (QED) is 0.891. The topological polar surface area (TPSA) is 62.2 Å². The average molecular weight is 353 g/mol. The fourth-order valence-corrected chi connectivity index (χ4v) is 3.08. The van der Waals surface area contributed by atoms with Crippen LogP contribution in [0.4, 0.5) is 8.78 Å². The Labute approximate surface area is 142 Å². The third-order valence-electron chi connectivity index (χ3n) is 4.16. The molecular formula is C17H15ClF2N2O2. The molecule has 4 nitrogen and oxygen atoms in total. The number of halogens is 3. The molecule has 2 unspecified atom stereocenters. The van der Waals surface area contributed by atoms with E-state index in [1.54, 1.807) is 0 Å². The van der Waals surface area contributed by atoms with Gasteiger partial charge in [0.25, 0.3) is 5.91 Å². The predicted octanol–water partition coefficient (Wildman–Crippen LogP) is 3.18. The number of aliphatic hydroxyl groups excluding tert-OH is 1. The lowest BCUT2D eigenvalue weighted by Crippen LogP contribution is -2.44. The van der Waals surface area contributed by atoms with Gasteiger partial charge in [0.05, 0.1) is 11.8 Å². The van der Waals surface area contributed by atoms with Crippen LogP contribution in [0.5, 0.6) is 0 Å². The normalized spacial score (nSPS) is 22.8. The average Bonchev–Trinajstić information content (AvgIpc) is 2.57. The third-order valence-corrected chi connectivity index (χ3v) is 4.51. The zero-order valence-electron chi connectivity index (χ0n) is 12.6. The van der Waals surface area contributed by atoms with E-state index in [1.165, 1.54) is 30.5 Å². The molecule has 1 heterocycles. The van der Waals surface area contributed by atoms with E-state index in [-0.39, 0.29) is 35.7 Å². The minimum absolute atomic E-state index is 0.0260. The lowest BCUT2D eigenvalue weighted by molar-refractivity contribution is -0.135. The van der Waals surface area contributed by atoms with Crippen molar-refractivity contribution in [1.29, 1.82) is 0 Å². The van der Waals surface area contributed by atoms with Gasteiger partial charge in [-0.05, 0) is 36.6 Å². The number of hydrogen-bond donors (Lipinski definition) is 2. The lowest BCUT2D eigenvalue weighted by Gasteiger charge is -2.32. The Morgan fingerprint density at radius 2 is 2.25 bits per heavy atom. The van der Waals surface area contributed by atoms with Crippen molar-refractivity contribution in [2.24, 2.45) is 0 Å². The molecule has 3 rings (SSSR count). The second kappa shape index (κ2) is 6.45. The summed E-state index contributed by atoms with van der Waals surface area (Å²) in [5, 5.41) is 12.6. The summed E-state index contributed by atoms with van der Waals surface area (Å²) in [6, 6.07) is 6.76. The maximum atomic E-state index is 15.3. The van der Waals surface area contributed by atoms with Crippen LogP contribution in [0.3, 0.4) is 0 Å². The highest BCUT2D eigenvalue weighted by atomic mass is 35.5. The molecule has 126 valence electrons. The second-order valence-corrected chi connectivity index (χ2v) is 6.12. The SMILES string of the molecule is O=C(NCc1ccc(F)cc1Cl)C1(F)CCC(O)c2ncccc21. The van der Waals surface area contributed by atoms with E-state index in [2.05, 4.69) is 10.3 Å². The van der Waals surface area contributed by atoms with E-state index in [0.717, 1.165) is 6.07 Å². The van der Waals surface area contributed by atoms with Gasteiger partial charge in [0, 0.05) is 23.3 Å². The Morgan fingerprint density at radius 3 is 3.00 bits per heavy atom. The van der Waals surface area contributed by atoms with Crippen LogP contribution in [-0.2, 0) is 17.0 Å². The molecule has 0 saturated heterocycles. The number of benzene rings is 1. The van der Waals surface area contributed by atoms with Crippen molar-refractivity contribution in [2.75, 3.05) is 0 Å². The fourth-order valence-electron chi connectivity index (χ4n) is 2.84. The number of nitrogens with one attached hydrogen (secondary N) is 1. The van der Waals surface area contributed by atoms with E-state index in [1.807, 2.05) is 0 Å². The van der Waals surface area contributed by atoms with E-state index < -0.39 is 23.5 Å². The van der Waals surface area contributed by atoms with Crippen LogP contribution in [0.2, 0.25) is 5.02 Å². The maximum absolute atomic E-state index is 15.3. The number of aliphatic hydroxyl groups is 1. The molecule has 7 heteroatoms. The van der Waals surface area contributed by atoms with Gasteiger partial charge in [-0.15, -0.1) is 0 Å². The van der Waals surface area contributed by atoms with Gasteiger partial charge in [-0.2, -0.15) is 0 Å². The highest BCUT2D eigenvalue weighted by Crippen LogP contribution is 2.42. The van der Waals surface area contributed by atoms with Crippen molar-refractivity contribution in [1.82, 2.24) is 10.3 Å². The molecule has 0 radical (unpaired) electrons. The largest absolute Gasteiger partial charge is 0.387 e. The van der Waals surface area contributed by atoms with Crippen LogP contribution in [-0.4, -0.2) is 16.0 Å². The molecule has 2 atom stereocenters. The molecular weight excluding hydrogens is 338 g/mol. The van der Waals surface area contributed by atoms with Crippen molar-refractivity contribution >= 4 is 17.5 Å². The van der Waals surface area contributed by atoms with Gasteiger partial charge in [0.15, 0.2) is 0 Å². The van der Waals surface area contributed by atoms with Gasteiger partial charge in [0.1, 0.15) is 5.82 Å². The number of aromatic nitrogens is 1. The van der Waals surface area contributed by atoms with Crippen molar-refractivity contribution < 1.29 is 18.7 Å². The van der Waals surface area contributed by atoms with Gasteiger partial charge < -0.3 is 10.4 Å². The monoisotopic (exact) mass is 352 g/mol. The summed E-state index contributed by atoms with van der Waals surface area (Å²) >= 11 is 5.91. The van der Waals surface area contributed by atoms with Gasteiger partial charge in [-0.3, -0.25) is 9.78 Å². The smallest absolute Gasteiger partial charge is 0.262 e. The van der Waals surface area contributed by atoms with Crippen LogP contribution in [0.25, 0.3) is 0 Å². The molecule has 24 heavy (non-hydrogen) atoms. The Hall–Kier alpha value is -2.05. The molecule has 1 aliphatic carbocycles. The molecule has 0 bridgehead atoms. The number of alkyl halides is 1. The molecule has 0 saturated carbocycles. The molecule has 1 aliphatic rings. The molecule has 1 amide bonds. The Kier molecular flexibility index (Phi) is 4.51. The molecule has 0 fully saturated rings. The minimum Gasteiger partial charge on any atom is -0.387 e. The fraction of sp³-hybridized carbons (Fsp3) is 0.294. The molecule has 0 spiro atoms. The zero-order chi connectivity index (χ0) is 17.3. The van der Waals surface area contributed by atoms with E-state index in [0.29, 0.717) is 5.56 Å². The van der Waals surface area contributed by atoms with E-state index in [4.69, 9.17) is 11.6 Å². The summed E-state index contributed by atoms with van der Waals surface area (Å²) in [6.07, 6.45) is 0.523. The molecule has 1 aromatic heterocycles. The summed E-state index contributed by atoms with van der Waals surface area (Å²) < 4.78 is 28.4. The number of amides is 1. The number of fused-ring (bicyclic) bond motifs is 1. The molecule has 1 aromatic carbocycles. The van der Waals surface area contributed by atoms with Crippen molar-refractivity contribution in [3.63, 3.8) is 0 Å². The first-order valence-corrected chi connectivity index (χ1v) is 7.84. The number of rotatable bonds is 3. The first kappa shape index (κ1) is 16.8. The minimum atomic E-state index is -2.27. The third kappa shape index (κ3) is 2.99. The van der Waals surface area contributed by atoms with Gasteiger partial charge in [-0.1, -0.05) is 23.7 Å². The lowest BCUT2D eigenvalue weighted by atomic mass is 9.81. The maximum Gasteiger partial charge on any atom is 0.262 e. The van der Waals surface area contributed by atoms with Crippen molar-refractivity contribution in [2.45, 2.75) is 31.2 Å². The molecule has 2 N–H and O–H groups in total. The van der Waals surface area contributed by atoms with Crippen molar-refractivity contribution in [3.8, 4) is 0 Å². The summed E-state index contributed by atoms with van der Waals surface area (Å²) in [5.74, 6) is -1.32. The molecule has 2 aromatic rings. The number of pyridine rings is 1. The van der Waals surface area contributed by atoms with Gasteiger partial charge >= 0.3 is 0 Å². The first-order valence-electron chi connectivity index (χ1n) is 7.46. The van der Waals surface area contributed by atoms with Gasteiger partial charge in [0.2, 0.25) is 5.67 Å². The standard InChI is InChI=1S/C17H15ClF2N2O2/c18-13-8-11(19)4-3-10(13)9-22-16(24)17(20)6-5-14(23)15-12(17)2-1-7-21-15/h1-4,7-8,14,23H,5-6,9H2,(H,22,24). The van der Waals surface area contributed by atoms with Crippen LogP contribution < -0.4 is 5.32 Å². The summed E-state index contributed by atoms with van der Waals surface area (Å²) in [7, 11) is 0. The Balaban J connectivity index is 1.81. The number of carbonyl (C=O) groups is 1. The highest BCUT2D eigenvalue weighted by Gasteiger charge is 2.46. The van der Waals surface area contributed by atoms with E-state index >= 15 is 4.39 Å². The predicted molar refractivity (Wildman–Crippen MR) is 84.5 cm³/mol. The Morgan fingerprint density at radius 1 is 1.46 bits per heavy atom. The first-order chi connectivity index (χ1) is 11.4. The number of nitrogens with zero attached hydrogens (tertiary/aromatic N) is 1. The summed E-state index contributed by atoms with van der Waals surface area (Å²) in [4.78, 5) is 16.4. The highest BCUT2D eigenvalue weighted by molar-refractivity contribution is 6.31. The van der Waals surface area contributed by atoms with Crippen molar-refractivity contribution in [3.05, 3.63) is 64.2 Å².